The van der Waals surface area contributed by atoms with E-state index in [2.05, 4.69) is 16.0 Å². The Labute approximate surface area is 192 Å². The molecule has 1 aliphatic rings. The molecule has 4 aromatic rings. The van der Waals surface area contributed by atoms with Crippen molar-refractivity contribution in [3.63, 3.8) is 0 Å². The normalized spacial score (nSPS) is 14.0. The predicted molar refractivity (Wildman–Crippen MR) is 129 cm³/mol. The smallest absolute Gasteiger partial charge is 0.254 e. The van der Waals surface area contributed by atoms with Gasteiger partial charge in [0.15, 0.2) is 0 Å². The van der Waals surface area contributed by atoms with Crippen molar-refractivity contribution in [3.05, 3.63) is 90.3 Å². The Hall–Kier alpha value is -4.24. The molecule has 6 heteroatoms. The summed E-state index contributed by atoms with van der Waals surface area (Å²) >= 11 is 0. The number of fused-ring (bicyclic) bond motifs is 1. The number of pyridine rings is 2. The third-order valence-electron chi connectivity index (χ3n) is 6.07. The molecule has 0 atom stereocenters. The summed E-state index contributed by atoms with van der Waals surface area (Å²) in [6.07, 6.45) is 4.35. The number of amides is 1. The van der Waals surface area contributed by atoms with Crippen LogP contribution in [0.2, 0.25) is 0 Å². The molecule has 162 valence electrons. The van der Waals surface area contributed by atoms with Crippen molar-refractivity contribution in [3.8, 4) is 17.3 Å². The van der Waals surface area contributed by atoms with Crippen molar-refractivity contribution in [2.75, 3.05) is 31.1 Å². The molecule has 0 radical (unpaired) electrons. The molecular weight excluding hydrogens is 410 g/mol. The lowest BCUT2D eigenvalue weighted by Crippen LogP contribution is -2.35. The highest BCUT2D eigenvalue weighted by atomic mass is 16.2. The number of carbonyl (C=O) groups is 1. The van der Waals surface area contributed by atoms with Crippen LogP contribution < -0.4 is 4.90 Å². The second-order valence-corrected chi connectivity index (χ2v) is 8.10. The van der Waals surface area contributed by atoms with Crippen LogP contribution in [0, 0.1) is 11.3 Å². The van der Waals surface area contributed by atoms with Crippen LogP contribution in [-0.4, -0.2) is 47.0 Å². The Morgan fingerprint density at radius 2 is 1.70 bits per heavy atom. The molecule has 0 N–H and O–H groups in total. The Morgan fingerprint density at radius 1 is 0.909 bits per heavy atom. The third-order valence-corrected chi connectivity index (χ3v) is 6.07. The second-order valence-electron chi connectivity index (χ2n) is 8.10. The number of anilines is 1. The number of nitriles is 1. The lowest BCUT2D eigenvalue weighted by molar-refractivity contribution is 0.0769. The van der Waals surface area contributed by atoms with E-state index in [-0.39, 0.29) is 5.91 Å². The zero-order chi connectivity index (χ0) is 22.6. The third kappa shape index (κ3) is 4.26. The average molecular weight is 434 g/mol. The zero-order valence-electron chi connectivity index (χ0n) is 18.2. The minimum Gasteiger partial charge on any atom is -0.370 e. The molecule has 1 saturated heterocycles. The van der Waals surface area contributed by atoms with Crippen LogP contribution in [-0.2, 0) is 0 Å². The number of nitrogens with zero attached hydrogens (tertiary/aromatic N) is 5. The van der Waals surface area contributed by atoms with E-state index in [0.717, 1.165) is 47.4 Å². The maximum absolute atomic E-state index is 13.7. The summed E-state index contributed by atoms with van der Waals surface area (Å²) in [6.45, 7) is 2.96. The Morgan fingerprint density at radius 3 is 2.48 bits per heavy atom. The van der Waals surface area contributed by atoms with E-state index >= 15 is 0 Å². The van der Waals surface area contributed by atoms with Crippen LogP contribution in [0.4, 0.5) is 5.69 Å². The van der Waals surface area contributed by atoms with Crippen LogP contribution in [0.25, 0.3) is 22.2 Å². The Balaban J connectivity index is 1.43. The van der Waals surface area contributed by atoms with E-state index in [1.54, 1.807) is 12.4 Å². The summed E-state index contributed by atoms with van der Waals surface area (Å²) in [4.78, 5) is 26.8. The molecule has 2 aromatic heterocycles. The summed E-state index contributed by atoms with van der Waals surface area (Å²) in [5.74, 6) is 0.0329. The van der Waals surface area contributed by atoms with Crippen LogP contribution in [0.1, 0.15) is 22.3 Å². The Bertz CT molecular complexity index is 1330. The van der Waals surface area contributed by atoms with Gasteiger partial charge in [0, 0.05) is 55.2 Å². The predicted octanol–water partition coefficient (Wildman–Crippen LogP) is 4.52. The van der Waals surface area contributed by atoms with Crippen LogP contribution >= 0.6 is 0 Å². The fourth-order valence-corrected chi connectivity index (χ4v) is 4.32. The summed E-state index contributed by atoms with van der Waals surface area (Å²) in [6, 6.07) is 23.3. The van der Waals surface area contributed by atoms with Crippen molar-refractivity contribution in [2.24, 2.45) is 0 Å². The van der Waals surface area contributed by atoms with Gasteiger partial charge < -0.3 is 9.80 Å². The first kappa shape index (κ1) is 20.7. The highest BCUT2D eigenvalue weighted by Crippen LogP contribution is 2.26. The average Bonchev–Trinajstić information content (AvgIpc) is 3.14. The van der Waals surface area contributed by atoms with Crippen molar-refractivity contribution in [1.29, 1.82) is 5.26 Å². The monoisotopic (exact) mass is 433 g/mol. The van der Waals surface area contributed by atoms with E-state index in [1.165, 1.54) is 0 Å². The molecule has 5 rings (SSSR count). The molecule has 0 saturated carbocycles. The number of aromatic nitrogens is 2. The van der Waals surface area contributed by atoms with E-state index in [0.29, 0.717) is 24.2 Å². The standard InChI is InChI=1S/C27H23N5O/c28-19-20-6-8-22(9-7-20)31-14-3-15-32(17-16-31)27(33)24-18-26(21-10-12-29-13-11-21)30-25-5-2-1-4-23(24)25/h1-2,4-13,18H,3,14-17H2. The van der Waals surface area contributed by atoms with Gasteiger partial charge in [-0.1, -0.05) is 18.2 Å². The van der Waals surface area contributed by atoms with Gasteiger partial charge in [0.25, 0.3) is 5.91 Å². The fourth-order valence-electron chi connectivity index (χ4n) is 4.32. The molecule has 33 heavy (non-hydrogen) atoms. The van der Waals surface area contributed by atoms with Gasteiger partial charge >= 0.3 is 0 Å². The first-order valence-electron chi connectivity index (χ1n) is 11.1. The van der Waals surface area contributed by atoms with E-state index < -0.39 is 0 Å². The Kier molecular flexibility index (Phi) is 5.69. The van der Waals surface area contributed by atoms with Crippen molar-refractivity contribution in [2.45, 2.75) is 6.42 Å². The molecule has 0 bridgehead atoms. The minimum absolute atomic E-state index is 0.0329. The molecule has 1 aliphatic heterocycles. The van der Waals surface area contributed by atoms with Gasteiger partial charge in [-0.3, -0.25) is 9.78 Å². The van der Waals surface area contributed by atoms with Crippen LogP contribution in [0.3, 0.4) is 0 Å². The maximum atomic E-state index is 13.7. The molecule has 0 unspecified atom stereocenters. The molecule has 1 fully saturated rings. The van der Waals surface area contributed by atoms with Gasteiger partial charge in [-0.2, -0.15) is 5.26 Å². The molecule has 3 heterocycles. The largest absolute Gasteiger partial charge is 0.370 e. The number of para-hydroxylation sites is 1. The van der Waals surface area contributed by atoms with E-state index in [1.807, 2.05) is 71.6 Å². The van der Waals surface area contributed by atoms with Gasteiger partial charge in [0.1, 0.15) is 0 Å². The minimum atomic E-state index is 0.0329. The number of carbonyl (C=O) groups excluding carboxylic acids is 1. The number of hydrogen-bond acceptors (Lipinski definition) is 5. The van der Waals surface area contributed by atoms with Crippen molar-refractivity contribution >= 4 is 22.5 Å². The number of rotatable bonds is 3. The second kappa shape index (κ2) is 9.09. The topological polar surface area (TPSA) is 73.1 Å². The van der Waals surface area contributed by atoms with Gasteiger partial charge in [-0.15, -0.1) is 0 Å². The summed E-state index contributed by atoms with van der Waals surface area (Å²) in [5, 5.41) is 9.91. The highest BCUT2D eigenvalue weighted by molar-refractivity contribution is 6.07. The van der Waals surface area contributed by atoms with Crippen LogP contribution in [0.5, 0.6) is 0 Å². The molecule has 2 aromatic carbocycles. The first-order chi connectivity index (χ1) is 16.2. The van der Waals surface area contributed by atoms with Gasteiger partial charge in [0.2, 0.25) is 0 Å². The number of hydrogen-bond donors (Lipinski definition) is 0. The van der Waals surface area contributed by atoms with Gasteiger partial charge in [-0.25, -0.2) is 4.98 Å². The summed E-state index contributed by atoms with van der Waals surface area (Å²) in [7, 11) is 0. The summed E-state index contributed by atoms with van der Waals surface area (Å²) in [5.41, 5.74) is 4.93. The van der Waals surface area contributed by atoms with Crippen molar-refractivity contribution < 1.29 is 4.79 Å². The van der Waals surface area contributed by atoms with Crippen molar-refractivity contribution in [1.82, 2.24) is 14.9 Å². The molecule has 6 nitrogen and oxygen atoms in total. The highest BCUT2D eigenvalue weighted by Gasteiger charge is 2.23. The summed E-state index contributed by atoms with van der Waals surface area (Å²) < 4.78 is 0. The zero-order valence-corrected chi connectivity index (χ0v) is 18.2. The lowest BCUT2D eigenvalue weighted by Gasteiger charge is -2.24. The first-order valence-corrected chi connectivity index (χ1v) is 11.1. The van der Waals surface area contributed by atoms with E-state index in [4.69, 9.17) is 10.2 Å². The molecule has 0 aliphatic carbocycles. The lowest BCUT2D eigenvalue weighted by atomic mass is 10.0. The SMILES string of the molecule is N#Cc1ccc(N2CCCN(C(=O)c3cc(-c4ccncc4)nc4ccccc34)CC2)cc1. The number of benzene rings is 2. The molecule has 0 spiro atoms. The van der Waals surface area contributed by atoms with E-state index in [9.17, 15) is 4.79 Å². The molecule has 1 amide bonds. The van der Waals surface area contributed by atoms with Gasteiger partial charge in [0.05, 0.1) is 28.4 Å². The van der Waals surface area contributed by atoms with Crippen LogP contribution in [0.15, 0.2) is 79.1 Å². The molecular formula is C27H23N5O. The maximum Gasteiger partial charge on any atom is 0.254 e. The van der Waals surface area contributed by atoms with Gasteiger partial charge in [-0.05, 0) is 55.0 Å². The fraction of sp³-hybridized carbons (Fsp3) is 0.185. The quantitative estimate of drug-likeness (QED) is 0.475.